The molecule has 0 aliphatic carbocycles. The summed E-state index contributed by atoms with van der Waals surface area (Å²) in [6.07, 6.45) is 3.30. The quantitative estimate of drug-likeness (QED) is 0.699. The van der Waals surface area contributed by atoms with Gasteiger partial charge in [0.25, 0.3) is 0 Å². The highest BCUT2D eigenvalue weighted by Gasteiger charge is 2.29. The van der Waals surface area contributed by atoms with Gasteiger partial charge < -0.3 is 0 Å². The number of halogens is 1. The van der Waals surface area contributed by atoms with E-state index in [9.17, 15) is 0 Å². The summed E-state index contributed by atoms with van der Waals surface area (Å²) in [7, 11) is 0. The minimum atomic E-state index is 0.331. The Hall–Kier alpha value is -0.250. The molecule has 1 aliphatic heterocycles. The maximum absolute atomic E-state index is 4.29. The lowest BCUT2D eigenvalue weighted by atomic mass is 9.90. The Morgan fingerprint density at radius 2 is 2.08 bits per heavy atom. The zero-order valence-corrected chi connectivity index (χ0v) is 10.4. The van der Waals surface area contributed by atoms with Gasteiger partial charge in [0.05, 0.1) is 16.1 Å². The van der Waals surface area contributed by atoms with Gasteiger partial charge in [-0.25, -0.2) is 0 Å². The van der Waals surface area contributed by atoms with Crippen LogP contribution in [0.3, 0.4) is 0 Å². The van der Waals surface area contributed by atoms with Gasteiger partial charge in [0.15, 0.2) is 0 Å². The molecule has 0 amide bonds. The number of hydrogen-bond donors (Lipinski definition) is 0. The summed E-state index contributed by atoms with van der Waals surface area (Å²) in [5.41, 5.74) is 0.331. The van der Waals surface area contributed by atoms with Gasteiger partial charge in [0.2, 0.25) is 0 Å². The Morgan fingerprint density at radius 1 is 1.46 bits per heavy atom. The molecule has 0 spiro atoms. The zero-order chi connectivity index (χ0) is 10.1. The lowest BCUT2D eigenvalue weighted by Gasteiger charge is -2.31. The maximum atomic E-state index is 4.29. The Kier molecular flexibility index (Phi) is 3.22. The highest BCUT2D eigenvalue weighted by Crippen LogP contribution is 2.28. The van der Waals surface area contributed by atoms with Crippen LogP contribution in [0.4, 0.5) is 0 Å². The van der Waals surface area contributed by atoms with Crippen molar-refractivity contribution in [2.75, 3.05) is 6.54 Å². The van der Waals surface area contributed by atoms with Gasteiger partial charge in [-0.15, -0.1) is 0 Å². The fourth-order valence-corrected chi connectivity index (χ4v) is 1.87. The van der Waals surface area contributed by atoms with Gasteiger partial charge in [-0.3, -0.25) is 8.93 Å². The van der Waals surface area contributed by atoms with E-state index in [0.29, 0.717) is 11.6 Å². The van der Waals surface area contributed by atoms with E-state index >= 15 is 0 Å². The van der Waals surface area contributed by atoms with Gasteiger partial charge in [0, 0.05) is 6.54 Å². The van der Waals surface area contributed by atoms with Crippen LogP contribution in [-0.2, 0) is 0 Å². The molecular weight excluding hydrogens is 230 g/mol. The van der Waals surface area contributed by atoms with Gasteiger partial charge in [-0.2, -0.15) is 5.10 Å². The second-order valence-corrected chi connectivity index (χ2v) is 5.40. The molecule has 0 N–H and O–H groups in total. The molecule has 13 heavy (non-hydrogen) atoms. The van der Waals surface area contributed by atoms with E-state index in [-0.39, 0.29) is 0 Å². The molecule has 1 unspecified atom stereocenters. The number of hydrazone groups is 1. The normalized spacial score (nSPS) is 23.0. The Balaban J connectivity index is 2.58. The minimum absolute atomic E-state index is 0.331. The summed E-state index contributed by atoms with van der Waals surface area (Å²) in [4.78, 5) is 0. The van der Waals surface area contributed by atoms with Gasteiger partial charge >= 0.3 is 0 Å². The molecule has 0 aromatic rings. The molecule has 76 valence electrons. The van der Waals surface area contributed by atoms with Crippen molar-refractivity contribution in [1.29, 1.82) is 0 Å². The Morgan fingerprint density at radius 3 is 2.54 bits per heavy atom. The summed E-state index contributed by atoms with van der Waals surface area (Å²) in [6, 6.07) is 0. The van der Waals surface area contributed by atoms with Crippen molar-refractivity contribution in [2.45, 2.75) is 40.3 Å². The predicted molar refractivity (Wildman–Crippen MR) is 59.5 cm³/mol. The first-order valence-electron chi connectivity index (χ1n) is 4.69. The van der Waals surface area contributed by atoms with Crippen LogP contribution in [0.15, 0.2) is 5.10 Å². The van der Waals surface area contributed by atoms with Crippen LogP contribution in [0, 0.1) is 5.41 Å². The smallest absolute Gasteiger partial charge is 0.130 e. The van der Waals surface area contributed by atoms with Crippen molar-refractivity contribution in [3.63, 3.8) is 0 Å². The third-order valence-corrected chi connectivity index (χ3v) is 2.71. The molecule has 1 rings (SSSR count). The average Bonchev–Trinajstić information content (AvgIpc) is 2.30. The second-order valence-electron chi connectivity index (χ2n) is 4.58. The fraction of sp³-hybridized carbons (Fsp3) is 0.889. The molecule has 4 heteroatoms. The standard InChI is InChI=1S/C9H18BrN3/c1-5-13-8(6-9(2,3)4)12(10)7-11-13/h7-8H,5-6H2,1-4H3. The van der Waals surface area contributed by atoms with Crippen molar-refractivity contribution in [1.82, 2.24) is 8.93 Å². The second kappa shape index (κ2) is 3.86. The highest BCUT2D eigenvalue weighted by molar-refractivity contribution is 9.07. The van der Waals surface area contributed by atoms with Crippen molar-refractivity contribution >= 4 is 22.5 Å². The van der Waals surface area contributed by atoms with Gasteiger partial charge in [-0.1, -0.05) is 20.8 Å². The number of hydrogen-bond acceptors (Lipinski definition) is 3. The van der Waals surface area contributed by atoms with E-state index in [0.717, 1.165) is 13.0 Å². The molecule has 0 radical (unpaired) electrons. The van der Waals surface area contributed by atoms with E-state index in [1.807, 2.05) is 10.3 Å². The van der Waals surface area contributed by atoms with Crippen LogP contribution in [0.5, 0.6) is 0 Å². The van der Waals surface area contributed by atoms with E-state index in [4.69, 9.17) is 0 Å². The van der Waals surface area contributed by atoms with Gasteiger partial charge in [0.1, 0.15) is 12.5 Å². The molecular formula is C9H18BrN3. The molecule has 0 bridgehead atoms. The third kappa shape index (κ3) is 2.86. The molecule has 1 atom stereocenters. The molecule has 0 saturated carbocycles. The topological polar surface area (TPSA) is 18.8 Å². The van der Waals surface area contributed by atoms with E-state index in [2.05, 4.69) is 54.0 Å². The Labute approximate surface area is 89.1 Å². The first-order chi connectivity index (χ1) is 5.94. The Bertz CT molecular complexity index is 198. The summed E-state index contributed by atoms with van der Waals surface area (Å²) in [6.45, 7) is 9.83. The van der Waals surface area contributed by atoms with E-state index in [1.54, 1.807) is 0 Å². The predicted octanol–water partition coefficient (Wildman–Crippen LogP) is 2.64. The zero-order valence-electron chi connectivity index (χ0n) is 8.79. The number of nitrogens with zero attached hydrogens (tertiary/aromatic N) is 3. The lowest BCUT2D eigenvalue weighted by Crippen LogP contribution is -2.37. The van der Waals surface area contributed by atoms with Crippen LogP contribution in [-0.4, -0.2) is 28.0 Å². The average molecular weight is 248 g/mol. The van der Waals surface area contributed by atoms with E-state index < -0.39 is 0 Å². The summed E-state index contributed by atoms with van der Waals surface area (Å²) >= 11 is 3.48. The number of rotatable bonds is 2. The SMILES string of the molecule is CCN1N=CN(Br)C1CC(C)(C)C. The molecule has 3 nitrogen and oxygen atoms in total. The summed E-state index contributed by atoms with van der Waals surface area (Å²) in [5, 5.41) is 6.39. The first kappa shape index (κ1) is 10.8. The maximum Gasteiger partial charge on any atom is 0.130 e. The van der Waals surface area contributed by atoms with Gasteiger partial charge in [-0.05, 0) is 18.8 Å². The monoisotopic (exact) mass is 247 g/mol. The molecule has 1 aliphatic rings. The molecule has 0 aromatic heterocycles. The molecule has 1 heterocycles. The minimum Gasteiger partial charge on any atom is -0.274 e. The first-order valence-corrected chi connectivity index (χ1v) is 5.40. The largest absolute Gasteiger partial charge is 0.274 e. The van der Waals surface area contributed by atoms with E-state index in [1.165, 1.54) is 0 Å². The molecule has 0 aromatic carbocycles. The molecule has 0 fully saturated rings. The van der Waals surface area contributed by atoms with Crippen LogP contribution in [0.2, 0.25) is 0 Å². The van der Waals surface area contributed by atoms with Crippen LogP contribution in [0.1, 0.15) is 34.1 Å². The summed E-state index contributed by atoms with van der Waals surface area (Å²) in [5.74, 6) is 0. The van der Waals surface area contributed by atoms with Crippen LogP contribution < -0.4 is 0 Å². The van der Waals surface area contributed by atoms with Crippen molar-refractivity contribution in [2.24, 2.45) is 10.5 Å². The highest BCUT2D eigenvalue weighted by atomic mass is 79.9. The van der Waals surface area contributed by atoms with Crippen molar-refractivity contribution in [3.8, 4) is 0 Å². The molecule has 0 saturated heterocycles. The van der Waals surface area contributed by atoms with Crippen molar-refractivity contribution < 1.29 is 0 Å². The lowest BCUT2D eigenvalue weighted by molar-refractivity contribution is 0.137. The third-order valence-electron chi connectivity index (χ3n) is 2.06. The van der Waals surface area contributed by atoms with Crippen molar-refractivity contribution in [3.05, 3.63) is 0 Å². The van der Waals surface area contributed by atoms with Crippen LogP contribution >= 0.6 is 16.1 Å². The summed E-state index contributed by atoms with van der Waals surface area (Å²) < 4.78 is 2.00. The van der Waals surface area contributed by atoms with Crippen LogP contribution in [0.25, 0.3) is 0 Å². The fourth-order valence-electron chi connectivity index (χ4n) is 1.43.